The minimum atomic E-state index is 0.134. The van der Waals surface area contributed by atoms with E-state index in [1.807, 2.05) is 4.90 Å². The van der Waals surface area contributed by atoms with Gasteiger partial charge in [0.1, 0.15) is 0 Å². The molecule has 0 aromatic rings. The van der Waals surface area contributed by atoms with Crippen molar-refractivity contribution < 1.29 is 14.3 Å². The summed E-state index contributed by atoms with van der Waals surface area (Å²) in [5.41, 5.74) is 0. The van der Waals surface area contributed by atoms with Gasteiger partial charge in [0.15, 0.2) is 0 Å². The van der Waals surface area contributed by atoms with E-state index < -0.39 is 0 Å². The maximum absolute atomic E-state index is 12.2. The summed E-state index contributed by atoms with van der Waals surface area (Å²) in [7, 11) is 0. The first-order chi connectivity index (χ1) is 11.2. The molecule has 2 saturated heterocycles. The second kappa shape index (κ2) is 8.08. The number of nitrogens with one attached hydrogen (secondary N) is 1. The summed E-state index contributed by atoms with van der Waals surface area (Å²) in [6.07, 6.45) is 2.52. The third-order valence-corrected chi connectivity index (χ3v) is 4.84. The quantitative estimate of drug-likeness (QED) is 0.678. The number of hydrogen-bond donors (Lipinski definition) is 1. The Hall–Kier alpha value is -1.18. The number of carbonyl (C=O) groups is 2. The van der Waals surface area contributed by atoms with E-state index in [1.54, 1.807) is 0 Å². The van der Waals surface area contributed by atoms with Gasteiger partial charge in [-0.1, -0.05) is 0 Å². The Morgan fingerprint density at radius 3 is 2.13 bits per heavy atom. The van der Waals surface area contributed by atoms with E-state index in [-0.39, 0.29) is 11.8 Å². The summed E-state index contributed by atoms with van der Waals surface area (Å²) in [6.45, 7) is 7.94. The second-order valence-corrected chi connectivity index (χ2v) is 6.79. The molecule has 1 saturated carbocycles. The van der Waals surface area contributed by atoms with Gasteiger partial charge in [0.2, 0.25) is 11.8 Å². The van der Waals surface area contributed by atoms with Gasteiger partial charge >= 0.3 is 0 Å². The normalized spacial score (nSPS) is 23.7. The fourth-order valence-electron chi connectivity index (χ4n) is 3.05. The molecule has 0 radical (unpaired) electrons. The molecule has 7 nitrogen and oxygen atoms in total. The Labute approximate surface area is 137 Å². The highest BCUT2D eigenvalue weighted by atomic mass is 16.5. The molecule has 23 heavy (non-hydrogen) atoms. The van der Waals surface area contributed by atoms with Gasteiger partial charge in [-0.05, 0) is 18.8 Å². The third-order valence-electron chi connectivity index (χ3n) is 4.84. The van der Waals surface area contributed by atoms with Gasteiger partial charge in [-0.3, -0.25) is 19.4 Å². The molecule has 3 aliphatic rings. The summed E-state index contributed by atoms with van der Waals surface area (Å²) >= 11 is 0. The maximum atomic E-state index is 12.2. The van der Waals surface area contributed by atoms with Crippen molar-refractivity contribution in [3.05, 3.63) is 0 Å². The number of piperazine rings is 1. The zero-order valence-corrected chi connectivity index (χ0v) is 13.8. The van der Waals surface area contributed by atoms with Gasteiger partial charge in [0.25, 0.3) is 0 Å². The van der Waals surface area contributed by atoms with E-state index in [9.17, 15) is 9.59 Å². The molecule has 0 unspecified atom stereocenters. The molecular formula is C16H28N4O3. The molecule has 1 aliphatic carbocycles. The van der Waals surface area contributed by atoms with Crippen LogP contribution in [0.4, 0.5) is 0 Å². The van der Waals surface area contributed by atoms with Crippen LogP contribution in [0.5, 0.6) is 0 Å². The molecule has 0 aromatic carbocycles. The van der Waals surface area contributed by atoms with Crippen LogP contribution in [0.25, 0.3) is 0 Å². The molecule has 7 heteroatoms. The van der Waals surface area contributed by atoms with Crippen LogP contribution >= 0.6 is 0 Å². The van der Waals surface area contributed by atoms with Crippen LogP contribution in [0.2, 0.25) is 0 Å². The van der Waals surface area contributed by atoms with Crippen LogP contribution in [0.3, 0.4) is 0 Å². The molecule has 1 N–H and O–H groups in total. The smallest absolute Gasteiger partial charge is 0.236 e. The van der Waals surface area contributed by atoms with Crippen molar-refractivity contribution in [2.24, 2.45) is 5.92 Å². The average Bonchev–Trinajstić information content (AvgIpc) is 3.40. The zero-order chi connectivity index (χ0) is 16.1. The average molecular weight is 324 g/mol. The first kappa shape index (κ1) is 16.7. The van der Waals surface area contributed by atoms with E-state index in [0.717, 1.165) is 38.6 Å². The van der Waals surface area contributed by atoms with Crippen LogP contribution in [0.1, 0.15) is 12.8 Å². The molecule has 2 aliphatic heterocycles. The highest BCUT2D eigenvalue weighted by molar-refractivity contribution is 5.78. The van der Waals surface area contributed by atoms with Crippen molar-refractivity contribution in [3.63, 3.8) is 0 Å². The van der Waals surface area contributed by atoms with Gasteiger partial charge in [0.05, 0.1) is 26.3 Å². The van der Waals surface area contributed by atoms with Crippen LogP contribution in [0, 0.1) is 5.92 Å². The topological polar surface area (TPSA) is 65.1 Å². The number of carbonyl (C=O) groups excluding carboxylic acids is 2. The van der Waals surface area contributed by atoms with Crippen molar-refractivity contribution in [3.8, 4) is 0 Å². The van der Waals surface area contributed by atoms with E-state index in [0.29, 0.717) is 39.4 Å². The zero-order valence-electron chi connectivity index (χ0n) is 13.8. The monoisotopic (exact) mass is 324 g/mol. The maximum Gasteiger partial charge on any atom is 0.236 e. The lowest BCUT2D eigenvalue weighted by Gasteiger charge is -2.35. The summed E-state index contributed by atoms with van der Waals surface area (Å²) in [5, 5.41) is 3.01. The molecule has 0 bridgehead atoms. The van der Waals surface area contributed by atoms with Gasteiger partial charge in [-0.2, -0.15) is 0 Å². The minimum absolute atomic E-state index is 0.134. The number of nitrogens with zero attached hydrogens (tertiary/aromatic N) is 3. The molecule has 0 atom stereocenters. The van der Waals surface area contributed by atoms with Crippen molar-refractivity contribution in [2.45, 2.75) is 12.8 Å². The first-order valence-electron chi connectivity index (χ1n) is 8.77. The Kier molecular flexibility index (Phi) is 5.85. The fourth-order valence-corrected chi connectivity index (χ4v) is 3.05. The molecule has 3 rings (SSSR count). The fraction of sp³-hybridized carbons (Fsp3) is 0.875. The Morgan fingerprint density at radius 2 is 1.52 bits per heavy atom. The molecule has 0 spiro atoms. The minimum Gasteiger partial charge on any atom is -0.378 e. The van der Waals surface area contributed by atoms with E-state index in [2.05, 4.69) is 15.1 Å². The Balaban J connectivity index is 1.31. The van der Waals surface area contributed by atoms with Crippen molar-refractivity contribution in [2.75, 3.05) is 72.1 Å². The molecule has 3 fully saturated rings. The molecule has 2 heterocycles. The first-order valence-corrected chi connectivity index (χ1v) is 8.77. The predicted molar refractivity (Wildman–Crippen MR) is 86.0 cm³/mol. The number of amides is 2. The predicted octanol–water partition coefficient (Wildman–Crippen LogP) is -1.01. The lowest BCUT2D eigenvalue weighted by Crippen LogP contribution is -2.53. The number of ether oxygens (including phenoxy) is 1. The number of hydrogen-bond acceptors (Lipinski definition) is 5. The highest BCUT2D eigenvalue weighted by Crippen LogP contribution is 2.27. The van der Waals surface area contributed by atoms with Crippen LogP contribution < -0.4 is 5.32 Å². The second-order valence-electron chi connectivity index (χ2n) is 6.79. The molecule has 130 valence electrons. The van der Waals surface area contributed by atoms with Crippen LogP contribution in [-0.4, -0.2) is 98.6 Å². The lowest BCUT2D eigenvalue weighted by molar-refractivity contribution is -0.137. The summed E-state index contributed by atoms with van der Waals surface area (Å²) < 4.78 is 5.28. The van der Waals surface area contributed by atoms with Gasteiger partial charge in [-0.25, -0.2) is 0 Å². The van der Waals surface area contributed by atoms with Crippen molar-refractivity contribution in [1.29, 1.82) is 0 Å². The van der Waals surface area contributed by atoms with Crippen molar-refractivity contribution >= 4 is 11.8 Å². The van der Waals surface area contributed by atoms with E-state index in [4.69, 9.17) is 4.74 Å². The highest BCUT2D eigenvalue weighted by Gasteiger charge is 2.25. The van der Waals surface area contributed by atoms with Gasteiger partial charge in [-0.15, -0.1) is 0 Å². The lowest BCUT2D eigenvalue weighted by atomic mass is 10.3. The van der Waals surface area contributed by atoms with Crippen molar-refractivity contribution in [1.82, 2.24) is 20.0 Å². The van der Waals surface area contributed by atoms with E-state index >= 15 is 0 Å². The van der Waals surface area contributed by atoms with E-state index in [1.165, 1.54) is 12.8 Å². The SMILES string of the molecule is O=C(CN1CCN(CC(=O)N2CCOCC2)CC1)NCC1CC1. The standard InChI is InChI=1S/C16H28N4O3/c21-15(17-11-14-1-2-14)12-18-3-5-19(6-4-18)13-16(22)20-7-9-23-10-8-20/h14H,1-13H2,(H,17,21). The molecular weight excluding hydrogens is 296 g/mol. The number of rotatable bonds is 6. The molecule has 0 aromatic heterocycles. The van der Waals surface area contributed by atoms with Crippen LogP contribution in [-0.2, 0) is 14.3 Å². The van der Waals surface area contributed by atoms with Gasteiger partial charge in [0, 0.05) is 45.8 Å². The largest absolute Gasteiger partial charge is 0.378 e. The van der Waals surface area contributed by atoms with Gasteiger partial charge < -0.3 is 15.0 Å². The summed E-state index contributed by atoms with van der Waals surface area (Å²) in [4.78, 5) is 30.4. The summed E-state index contributed by atoms with van der Waals surface area (Å²) in [6, 6.07) is 0. The number of morpholine rings is 1. The Morgan fingerprint density at radius 1 is 0.913 bits per heavy atom. The Bertz CT molecular complexity index is 414. The van der Waals surface area contributed by atoms with Crippen LogP contribution in [0.15, 0.2) is 0 Å². The third kappa shape index (κ3) is 5.44. The summed E-state index contributed by atoms with van der Waals surface area (Å²) in [5.74, 6) is 1.06. The molecule has 2 amide bonds.